The van der Waals surface area contributed by atoms with Crippen LogP contribution in [0, 0.1) is 0 Å². The van der Waals surface area contributed by atoms with E-state index < -0.39 is 11.1 Å². The summed E-state index contributed by atoms with van der Waals surface area (Å²) in [6.45, 7) is 1.27. The Labute approximate surface area is 77.5 Å². The van der Waals surface area contributed by atoms with E-state index in [1.165, 1.54) is 25.1 Å². The molecule has 1 aromatic carbocycles. The molecule has 0 amide bonds. The fraction of sp³-hybridized carbons (Fsp3) is 0.125. The molecule has 1 unspecified atom stereocenters. The third-order valence-electron chi connectivity index (χ3n) is 1.53. The molecule has 0 saturated heterocycles. The van der Waals surface area contributed by atoms with Crippen molar-refractivity contribution in [2.75, 3.05) is 0 Å². The topological polar surface area (TPSA) is 74.6 Å². The molecule has 4 nitrogen and oxygen atoms in total. The summed E-state index contributed by atoms with van der Waals surface area (Å²) >= 11 is -2.20. The Kier molecular flexibility index (Phi) is 2.79. The highest BCUT2D eigenvalue weighted by atomic mass is 32.2. The number of aromatic hydroxyl groups is 1. The highest BCUT2D eigenvalue weighted by Crippen LogP contribution is 2.19. The van der Waals surface area contributed by atoms with Gasteiger partial charge < -0.3 is 9.66 Å². The zero-order valence-electron chi connectivity index (χ0n) is 6.85. The van der Waals surface area contributed by atoms with Crippen LogP contribution in [-0.2, 0) is 11.1 Å². The highest BCUT2D eigenvalue weighted by Gasteiger charge is 2.11. The molecule has 0 aromatic heterocycles. The van der Waals surface area contributed by atoms with Crippen LogP contribution in [0.4, 0.5) is 0 Å². The van der Waals surface area contributed by atoms with Crippen LogP contribution < -0.4 is 0 Å². The predicted molar refractivity (Wildman–Crippen MR) is 47.1 cm³/mol. The van der Waals surface area contributed by atoms with E-state index in [1.54, 1.807) is 0 Å². The first-order chi connectivity index (χ1) is 6.02. The van der Waals surface area contributed by atoms with Crippen molar-refractivity contribution in [3.63, 3.8) is 0 Å². The van der Waals surface area contributed by atoms with E-state index in [2.05, 4.69) is 0 Å². The summed E-state index contributed by atoms with van der Waals surface area (Å²) in [5.74, 6) is -0.451. The van der Waals surface area contributed by atoms with Crippen molar-refractivity contribution < 1.29 is 18.7 Å². The number of phenols is 1. The molecule has 0 heterocycles. The second kappa shape index (κ2) is 3.68. The van der Waals surface area contributed by atoms with Crippen molar-refractivity contribution in [3.8, 4) is 5.75 Å². The summed E-state index contributed by atoms with van der Waals surface area (Å²) in [4.78, 5) is 11.0. The van der Waals surface area contributed by atoms with Crippen LogP contribution in [0.2, 0.25) is 0 Å². The molecule has 13 heavy (non-hydrogen) atoms. The van der Waals surface area contributed by atoms with Gasteiger partial charge in [0.25, 0.3) is 0 Å². The van der Waals surface area contributed by atoms with E-state index in [-0.39, 0.29) is 22.0 Å². The van der Waals surface area contributed by atoms with Gasteiger partial charge in [-0.05, 0) is 25.1 Å². The maximum atomic E-state index is 11.0. The number of ketones is 1. The van der Waals surface area contributed by atoms with Crippen LogP contribution in [0.1, 0.15) is 17.3 Å². The number of rotatable bonds is 2. The Morgan fingerprint density at radius 1 is 1.46 bits per heavy atom. The zero-order valence-corrected chi connectivity index (χ0v) is 7.67. The molecule has 1 aromatic rings. The summed E-state index contributed by atoms with van der Waals surface area (Å²) in [5, 5.41) is 9.04. The number of phenolic OH excluding ortho intramolecular Hbond substituents is 1. The number of hydrogen-bond acceptors (Lipinski definition) is 3. The Bertz CT molecular complexity index is 372. The number of hydrogen-bond donors (Lipinski definition) is 2. The van der Waals surface area contributed by atoms with Gasteiger partial charge in [0.2, 0.25) is 0 Å². The van der Waals surface area contributed by atoms with Crippen LogP contribution in [-0.4, -0.2) is 19.7 Å². The molecule has 0 bridgehead atoms. The fourth-order valence-electron chi connectivity index (χ4n) is 0.945. The van der Waals surface area contributed by atoms with Gasteiger partial charge in [-0.1, -0.05) is 0 Å². The molecule has 0 aliphatic rings. The van der Waals surface area contributed by atoms with E-state index in [4.69, 9.17) is 9.66 Å². The first-order valence-corrected chi connectivity index (χ1v) is 4.58. The van der Waals surface area contributed by atoms with E-state index in [1.807, 2.05) is 0 Å². The summed E-state index contributed by atoms with van der Waals surface area (Å²) in [6.07, 6.45) is 0. The summed E-state index contributed by atoms with van der Waals surface area (Å²) in [7, 11) is 0. The third-order valence-corrected chi connectivity index (χ3v) is 2.26. The minimum absolute atomic E-state index is 0.0188. The molecule has 1 rings (SSSR count). The number of carbonyl (C=O) groups excluding carboxylic acids is 1. The molecule has 0 aliphatic carbocycles. The molecular weight excluding hydrogens is 192 g/mol. The lowest BCUT2D eigenvalue weighted by Gasteiger charge is -2.02. The maximum Gasteiger partial charge on any atom is 0.187 e. The van der Waals surface area contributed by atoms with E-state index in [0.29, 0.717) is 0 Å². The standard InChI is InChI=1S/C8H8O4S/c1-5(9)7-4-6(10)2-3-8(7)13(11)12/h2-4,10H,1H3,(H,11,12). The minimum Gasteiger partial charge on any atom is -0.508 e. The SMILES string of the molecule is CC(=O)c1cc(O)ccc1S(=O)O. The highest BCUT2D eigenvalue weighted by molar-refractivity contribution is 7.79. The van der Waals surface area contributed by atoms with Gasteiger partial charge in [-0.3, -0.25) is 4.79 Å². The molecule has 0 radical (unpaired) electrons. The fourth-order valence-corrected chi connectivity index (χ4v) is 1.52. The van der Waals surface area contributed by atoms with E-state index in [9.17, 15) is 9.00 Å². The Hall–Kier alpha value is -1.20. The van der Waals surface area contributed by atoms with Gasteiger partial charge in [0.05, 0.1) is 4.90 Å². The van der Waals surface area contributed by atoms with Gasteiger partial charge in [-0.15, -0.1) is 0 Å². The summed E-state index contributed by atoms with van der Waals surface area (Å²) in [5.41, 5.74) is 0.0702. The molecule has 5 heteroatoms. The zero-order chi connectivity index (χ0) is 10.0. The lowest BCUT2D eigenvalue weighted by molar-refractivity contribution is 0.101. The normalized spacial score (nSPS) is 12.5. The van der Waals surface area contributed by atoms with Crippen molar-refractivity contribution in [2.24, 2.45) is 0 Å². The van der Waals surface area contributed by atoms with Crippen LogP contribution in [0.5, 0.6) is 5.75 Å². The Morgan fingerprint density at radius 3 is 2.54 bits per heavy atom. The van der Waals surface area contributed by atoms with E-state index in [0.717, 1.165) is 0 Å². The lowest BCUT2D eigenvalue weighted by Crippen LogP contribution is -2.00. The van der Waals surface area contributed by atoms with Gasteiger partial charge in [-0.2, -0.15) is 0 Å². The van der Waals surface area contributed by atoms with Crippen LogP contribution in [0.25, 0.3) is 0 Å². The third kappa shape index (κ3) is 2.13. The Morgan fingerprint density at radius 2 is 2.08 bits per heavy atom. The Balaban J connectivity index is 3.35. The smallest absolute Gasteiger partial charge is 0.187 e. The number of carbonyl (C=O) groups is 1. The lowest BCUT2D eigenvalue weighted by atomic mass is 10.1. The van der Waals surface area contributed by atoms with Crippen LogP contribution in [0.3, 0.4) is 0 Å². The monoisotopic (exact) mass is 200 g/mol. The maximum absolute atomic E-state index is 11.0. The van der Waals surface area contributed by atoms with E-state index >= 15 is 0 Å². The van der Waals surface area contributed by atoms with Gasteiger partial charge >= 0.3 is 0 Å². The average molecular weight is 200 g/mol. The van der Waals surface area contributed by atoms with Gasteiger partial charge in [-0.25, -0.2) is 4.21 Å². The van der Waals surface area contributed by atoms with Crippen molar-refractivity contribution in [1.82, 2.24) is 0 Å². The first kappa shape index (κ1) is 9.88. The number of Topliss-reactive ketones (excluding diaryl/α,β-unsaturated/α-hetero) is 1. The molecule has 2 N–H and O–H groups in total. The second-order valence-electron chi connectivity index (χ2n) is 2.49. The second-order valence-corrected chi connectivity index (χ2v) is 3.42. The van der Waals surface area contributed by atoms with Crippen molar-refractivity contribution in [3.05, 3.63) is 23.8 Å². The summed E-state index contributed by atoms with van der Waals surface area (Å²) in [6, 6.07) is 3.68. The molecule has 0 spiro atoms. The molecule has 0 saturated carbocycles. The largest absolute Gasteiger partial charge is 0.508 e. The first-order valence-electron chi connectivity index (χ1n) is 3.47. The van der Waals surface area contributed by atoms with Gasteiger partial charge in [0.1, 0.15) is 5.75 Å². The van der Waals surface area contributed by atoms with Crippen molar-refractivity contribution in [2.45, 2.75) is 11.8 Å². The molecule has 70 valence electrons. The predicted octanol–water partition coefficient (Wildman–Crippen LogP) is 1.18. The van der Waals surface area contributed by atoms with Crippen LogP contribution in [0.15, 0.2) is 23.1 Å². The molecule has 0 aliphatic heterocycles. The average Bonchev–Trinajstić information content (AvgIpc) is 2.03. The number of benzene rings is 1. The van der Waals surface area contributed by atoms with Crippen molar-refractivity contribution in [1.29, 1.82) is 0 Å². The van der Waals surface area contributed by atoms with Crippen LogP contribution >= 0.6 is 0 Å². The quantitative estimate of drug-likeness (QED) is 0.555. The molecule has 0 fully saturated rings. The summed E-state index contributed by atoms with van der Waals surface area (Å²) < 4.78 is 19.5. The molecular formula is C8H8O4S. The van der Waals surface area contributed by atoms with Gasteiger partial charge in [0.15, 0.2) is 16.9 Å². The molecule has 1 atom stereocenters. The van der Waals surface area contributed by atoms with Crippen molar-refractivity contribution >= 4 is 16.9 Å². The van der Waals surface area contributed by atoms with Gasteiger partial charge in [0, 0.05) is 5.56 Å². The minimum atomic E-state index is -2.20.